The second-order valence-corrected chi connectivity index (χ2v) is 12.5. The molecule has 0 aliphatic rings. The van der Waals surface area contributed by atoms with Crippen molar-refractivity contribution in [2.75, 3.05) is 7.11 Å². The summed E-state index contributed by atoms with van der Waals surface area (Å²) in [6.07, 6.45) is 0. The van der Waals surface area contributed by atoms with E-state index in [0.29, 0.717) is 10.6 Å². The smallest absolute Gasteiger partial charge is 0.337 e. The third-order valence-electron chi connectivity index (χ3n) is 1.59. The molecule has 0 aliphatic heterocycles. The predicted molar refractivity (Wildman–Crippen MR) is 76.7 cm³/mol. The molecule has 0 atom stereocenters. The number of hydrogen-bond acceptors (Lipinski definition) is 2. The molecule has 0 aliphatic carbocycles. The van der Waals surface area contributed by atoms with Crippen LogP contribution in [0.25, 0.3) is 0 Å². The SMILES string of the molecule is COC(=O)c1ccc(C)c(Cl)c1.C[Si](C)(C)Cl. The highest BCUT2D eigenvalue weighted by Gasteiger charge is 2.06. The molecule has 0 saturated carbocycles. The van der Waals surface area contributed by atoms with Gasteiger partial charge < -0.3 is 4.74 Å². The molecule has 0 aromatic heterocycles. The van der Waals surface area contributed by atoms with Crippen LogP contribution in [-0.4, -0.2) is 20.5 Å². The van der Waals surface area contributed by atoms with Gasteiger partial charge in [0.05, 0.1) is 12.7 Å². The van der Waals surface area contributed by atoms with Crippen molar-refractivity contribution < 1.29 is 9.53 Å². The van der Waals surface area contributed by atoms with Crippen molar-refractivity contribution in [2.45, 2.75) is 26.6 Å². The van der Waals surface area contributed by atoms with Crippen molar-refractivity contribution in [2.24, 2.45) is 0 Å². The molecule has 1 aromatic rings. The van der Waals surface area contributed by atoms with Crippen LogP contribution >= 0.6 is 22.7 Å². The highest BCUT2D eigenvalue weighted by molar-refractivity contribution is 7.18. The lowest BCUT2D eigenvalue weighted by Crippen LogP contribution is -2.06. The van der Waals surface area contributed by atoms with E-state index in [1.165, 1.54) is 7.11 Å². The summed E-state index contributed by atoms with van der Waals surface area (Å²) < 4.78 is 4.53. The quantitative estimate of drug-likeness (QED) is 0.433. The number of benzene rings is 1. The van der Waals surface area contributed by atoms with Crippen LogP contribution in [0, 0.1) is 6.92 Å². The fraction of sp³-hybridized carbons (Fsp3) is 0.417. The van der Waals surface area contributed by atoms with Crippen LogP contribution in [0.5, 0.6) is 0 Å². The first-order valence-electron chi connectivity index (χ1n) is 5.18. The predicted octanol–water partition coefficient (Wildman–Crippen LogP) is 4.50. The normalized spacial score (nSPS) is 10.3. The highest BCUT2D eigenvalue weighted by Crippen LogP contribution is 2.16. The number of methoxy groups -OCH3 is 1. The molecule has 1 rings (SSSR count). The summed E-state index contributed by atoms with van der Waals surface area (Å²) in [7, 11) is 0.204. The Morgan fingerprint density at radius 3 is 2.12 bits per heavy atom. The van der Waals surface area contributed by atoms with Crippen LogP contribution in [0.1, 0.15) is 15.9 Å². The van der Waals surface area contributed by atoms with E-state index in [0.717, 1.165) is 5.56 Å². The summed E-state index contributed by atoms with van der Waals surface area (Å²) in [5.41, 5.74) is 1.43. The minimum atomic E-state index is -1.14. The standard InChI is InChI=1S/C9H9ClO2.C3H9ClSi/c1-6-3-4-7(5-8(6)10)9(11)12-2;1-5(2,3)4/h3-5H,1-2H3;1-3H3. The van der Waals surface area contributed by atoms with Gasteiger partial charge in [0.25, 0.3) is 0 Å². The van der Waals surface area contributed by atoms with Crippen molar-refractivity contribution in [1.82, 2.24) is 0 Å². The fourth-order valence-electron chi connectivity index (χ4n) is 0.838. The summed E-state index contributed by atoms with van der Waals surface area (Å²) in [6.45, 7) is 8.15. The van der Waals surface area contributed by atoms with Gasteiger partial charge in [0.2, 0.25) is 0 Å². The maximum atomic E-state index is 11.0. The monoisotopic (exact) mass is 292 g/mol. The minimum Gasteiger partial charge on any atom is -0.465 e. The Hall–Kier alpha value is -0.513. The van der Waals surface area contributed by atoms with Gasteiger partial charge >= 0.3 is 5.97 Å². The average Bonchev–Trinajstić information content (AvgIpc) is 2.18. The first-order valence-corrected chi connectivity index (χ1v) is 10.1. The van der Waals surface area contributed by atoms with E-state index in [1.54, 1.807) is 18.2 Å². The summed E-state index contributed by atoms with van der Waals surface area (Å²) in [6, 6.07) is 5.07. The van der Waals surface area contributed by atoms with E-state index in [9.17, 15) is 4.79 Å². The zero-order chi connectivity index (χ0) is 13.6. The molecular weight excluding hydrogens is 275 g/mol. The van der Waals surface area contributed by atoms with Crippen molar-refractivity contribution in [3.05, 3.63) is 34.3 Å². The van der Waals surface area contributed by atoms with E-state index in [1.807, 2.05) is 6.92 Å². The van der Waals surface area contributed by atoms with Gasteiger partial charge in [0, 0.05) is 5.02 Å². The van der Waals surface area contributed by atoms with Gasteiger partial charge in [-0.25, -0.2) is 4.79 Å². The zero-order valence-corrected chi connectivity index (χ0v) is 13.3. The molecule has 0 radical (unpaired) electrons. The molecule has 0 bridgehead atoms. The van der Waals surface area contributed by atoms with Gasteiger partial charge in [0.15, 0.2) is 0 Å². The van der Waals surface area contributed by atoms with Crippen LogP contribution in [-0.2, 0) is 4.74 Å². The van der Waals surface area contributed by atoms with Crippen molar-refractivity contribution >= 4 is 36.0 Å². The average molecular weight is 293 g/mol. The number of carbonyl (C=O) groups is 1. The maximum absolute atomic E-state index is 11.0. The fourth-order valence-corrected chi connectivity index (χ4v) is 1.02. The largest absolute Gasteiger partial charge is 0.465 e. The van der Waals surface area contributed by atoms with Gasteiger partial charge in [-0.15, -0.1) is 0 Å². The Morgan fingerprint density at radius 2 is 1.76 bits per heavy atom. The number of esters is 1. The number of ether oxygens (including phenoxy) is 1. The van der Waals surface area contributed by atoms with E-state index in [4.69, 9.17) is 22.7 Å². The third kappa shape index (κ3) is 8.24. The Kier molecular flexibility index (Phi) is 6.83. The molecule has 0 N–H and O–H groups in total. The van der Waals surface area contributed by atoms with Gasteiger partial charge in [-0.1, -0.05) is 37.3 Å². The van der Waals surface area contributed by atoms with Crippen molar-refractivity contribution in [3.63, 3.8) is 0 Å². The van der Waals surface area contributed by atoms with Gasteiger partial charge in [-0.2, -0.15) is 11.1 Å². The molecule has 0 spiro atoms. The van der Waals surface area contributed by atoms with Crippen LogP contribution in [0.15, 0.2) is 18.2 Å². The number of halogens is 2. The summed E-state index contributed by atoms with van der Waals surface area (Å²) in [5, 5.41) is 0.581. The summed E-state index contributed by atoms with van der Waals surface area (Å²) in [5.74, 6) is -0.364. The number of aryl methyl sites for hydroxylation is 1. The van der Waals surface area contributed by atoms with E-state index in [2.05, 4.69) is 24.4 Å². The molecule has 0 saturated heterocycles. The van der Waals surface area contributed by atoms with Gasteiger partial charge in [0.1, 0.15) is 7.38 Å². The summed E-state index contributed by atoms with van der Waals surface area (Å²) >= 11 is 11.5. The molecule has 5 heteroatoms. The third-order valence-corrected chi connectivity index (χ3v) is 2.00. The van der Waals surface area contributed by atoms with Crippen LogP contribution < -0.4 is 0 Å². The van der Waals surface area contributed by atoms with Crippen LogP contribution in [0.2, 0.25) is 24.7 Å². The molecule has 0 heterocycles. The molecule has 0 fully saturated rings. The van der Waals surface area contributed by atoms with E-state index >= 15 is 0 Å². The van der Waals surface area contributed by atoms with E-state index in [-0.39, 0.29) is 5.97 Å². The first kappa shape index (κ1) is 16.5. The van der Waals surface area contributed by atoms with E-state index < -0.39 is 7.38 Å². The van der Waals surface area contributed by atoms with Crippen LogP contribution in [0.3, 0.4) is 0 Å². The molecule has 1 aromatic carbocycles. The molecule has 0 unspecified atom stereocenters. The lowest BCUT2D eigenvalue weighted by Gasteiger charge is -2.01. The van der Waals surface area contributed by atoms with Gasteiger partial charge in [-0.05, 0) is 24.6 Å². The second-order valence-electron chi connectivity index (χ2n) is 4.52. The molecule has 96 valence electrons. The topological polar surface area (TPSA) is 26.3 Å². The first-order chi connectivity index (χ1) is 7.65. The zero-order valence-electron chi connectivity index (χ0n) is 10.8. The Morgan fingerprint density at radius 1 is 1.29 bits per heavy atom. The second kappa shape index (κ2) is 7.04. The minimum absolute atomic E-state index is 0.364. The molecule has 0 amide bonds. The Labute approximate surface area is 114 Å². The number of carbonyl (C=O) groups excluding carboxylic acids is 1. The summed E-state index contributed by atoms with van der Waals surface area (Å²) in [4.78, 5) is 11.0. The lowest BCUT2D eigenvalue weighted by atomic mass is 10.1. The Balaban J connectivity index is 0.000000437. The number of rotatable bonds is 1. The van der Waals surface area contributed by atoms with Gasteiger partial charge in [-0.3, -0.25) is 0 Å². The van der Waals surface area contributed by atoms with Crippen LogP contribution in [0.4, 0.5) is 0 Å². The number of hydrogen-bond donors (Lipinski definition) is 0. The van der Waals surface area contributed by atoms with Crippen molar-refractivity contribution in [1.29, 1.82) is 0 Å². The Bertz CT molecular complexity index is 381. The molecule has 2 nitrogen and oxygen atoms in total. The molecule has 17 heavy (non-hydrogen) atoms. The highest BCUT2D eigenvalue weighted by atomic mass is 35.6. The maximum Gasteiger partial charge on any atom is 0.337 e. The molecular formula is C12H18Cl2O2Si. The lowest BCUT2D eigenvalue weighted by molar-refractivity contribution is 0.0600. The van der Waals surface area contributed by atoms with Crippen molar-refractivity contribution in [3.8, 4) is 0 Å².